The summed E-state index contributed by atoms with van der Waals surface area (Å²) >= 11 is 3.06. The van der Waals surface area contributed by atoms with Crippen LogP contribution >= 0.6 is 15.9 Å². The van der Waals surface area contributed by atoms with E-state index in [4.69, 9.17) is 0 Å². The summed E-state index contributed by atoms with van der Waals surface area (Å²) in [6, 6.07) is 3.85. The van der Waals surface area contributed by atoms with Crippen molar-refractivity contribution in [3.05, 3.63) is 28.5 Å². The lowest BCUT2D eigenvalue weighted by atomic mass is 10.3. The van der Waals surface area contributed by atoms with Crippen molar-refractivity contribution < 1.29 is 12.8 Å². The molecule has 0 aliphatic rings. The second kappa shape index (κ2) is 3.60. The molecule has 7 heteroatoms. The van der Waals surface area contributed by atoms with Crippen molar-refractivity contribution in [1.29, 1.82) is 0 Å². The Morgan fingerprint density at radius 2 is 2.08 bits per heavy atom. The molecule has 0 aromatic heterocycles. The second-order valence-electron chi connectivity index (χ2n) is 2.27. The Morgan fingerprint density at radius 3 is 2.62 bits per heavy atom. The molecule has 0 saturated carbocycles. The van der Waals surface area contributed by atoms with E-state index in [1.807, 2.05) is 4.72 Å². The van der Waals surface area contributed by atoms with Crippen molar-refractivity contribution in [2.75, 3.05) is 4.72 Å². The fraction of sp³-hybridized carbons (Fsp3) is 0. The molecule has 3 N–H and O–H groups in total. The zero-order chi connectivity index (χ0) is 10.1. The van der Waals surface area contributed by atoms with E-state index in [0.29, 0.717) is 4.47 Å². The van der Waals surface area contributed by atoms with Crippen LogP contribution in [0.4, 0.5) is 10.1 Å². The lowest BCUT2D eigenvalue weighted by Crippen LogP contribution is -2.22. The van der Waals surface area contributed by atoms with E-state index in [1.54, 1.807) is 0 Å². The summed E-state index contributed by atoms with van der Waals surface area (Å²) in [6.45, 7) is 0. The maximum atomic E-state index is 12.9. The molecule has 13 heavy (non-hydrogen) atoms. The quantitative estimate of drug-likeness (QED) is 0.846. The maximum absolute atomic E-state index is 12.9. The fourth-order valence-corrected chi connectivity index (χ4v) is 1.55. The molecule has 1 rings (SSSR count). The minimum Gasteiger partial charge on any atom is -0.268 e. The molecule has 0 aliphatic carbocycles. The van der Waals surface area contributed by atoms with Crippen LogP contribution in [0.15, 0.2) is 22.7 Å². The molecule has 0 amide bonds. The molecule has 0 saturated heterocycles. The van der Waals surface area contributed by atoms with E-state index < -0.39 is 16.0 Å². The average molecular weight is 269 g/mol. The predicted octanol–water partition coefficient (Wildman–Crippen LogP) is 1.20. The number of benzene rings is 1. The summed E-state index contributed by atoms with van der Waals surface area (Å²) in [7, 11) is -3.93. The van der Waals surface area contributed by atoms with Gasteiger partial charge in [-0.15, -0.1) is 0 Å². The first-order chi connectivity index (χ1) is 5.88. The second-order valence-corrected chi connectivity index (χ2v) is 4.48. The van der Waals surface area contributed by atoms with Gasteiger partial charge in [0.1, 0.15) is 5.82 Å². The number of halogens is 2. The molecule has 0 fully saturated rings. The van der Waals surface area contributed by atoms with Gasteiger partial charge in [-0.3, -0.25) is 4.72 Å². The molecule has 0 aliphatic heterocycles. The SMILES string of the molecule is NS(=O)(=O)Nc1cc(Br)ccc1F. The number of nitrogens with one attached hydrogen (secondary N) is 1. The molecule has 0 atom stereocenters. The first kappa shape index (κ1) is 10.4. The number of nitrogens with two attached hydrogens (primary N) is 1. The Hall–Kier alpha value is -0.660. The van der Waals surface area contributed by atoms with Gasteiger partial charge in [0.25, 0.3) is 10.2 Å². The van der Waals surface area contributed by atoms with E-state index in [9.17, 15) is 12.8 Å². The summed E-state index contributed by atoms with van der Waals surface area (Å²) in [5.74, 6) is -0.683. The van der Waals surface area contributed by atoms with Crippen LogP contribution in [0.3, 0.4) is 0 Å². The smallest absolute Gasteiger partial charge is 0.268 e. The van der Waals surface area contributed by atoms with Crippen LogP contribution in [0.1, 0.15) is 0 Å². The molecular weight excluding hydrogens is 263 g/mol. The average Bonchev–Trinajstić information content (AvgIpc) is 1.94. The van der Waals surface area contributed by atoms with Crippen LogP contribution < -0.4 is 9.86 Å². The van der Waals surface area contributed by atoms with E-state index in [0.717, 1.165) is 6.07 Å². The summed E-state index contributed by atoms with van der Waals surface area (Å²) in [6.07, 6.45) is 0. The lowest BCUT2D eigenvalue weighted by molar-refractivity contribution is 0.600. The molecule has 0 spiro atoms. The Morgan fingerprint density at radius 1 is 1.46 bits per heavy atom. The van der Waals surface area contributed by atoms with E-state index in [2.05, 4.69) is 21.1 Å². The van der Waals surface area contributed by atoms with Gasteiger partial charge in [0, 0.05) is 4.47 Å². The summed E-state index contributed by atoms with van der Waals surface area (Å²) < 4.78 is 36.4. The highest BCUT2D eigenvalue weighted by Crippen LogP contribution is 2.20. The molecule has 1 aromatic rings. The van der Waals surface area contributed by atoms with Crippen LogP contribution in [0.2, 0.25) is 0 Å². The van der Waals surface area contributed by atoms with E-state index in [1.165, 1.54) is 12.1 Å². The van der Waals surface area contributed by atoms with Gasteiger partial charge in [-0.1, -0.05) is 15.9 Å². The van der Waals surface area contributed by atoms with Gasteiger partial charge in [0.05, 0.1) is 5.69 Å². The third-order valence-electron chi connectivity index (χ3n) is 1.18. The lowest BCUT2D eigenvalue weighted by Gasteiger charge is -2.04. The molecule has 0 unspecified atom stereocenters. The van der Waals surface area contributed by atoms with Crippen molar-refractivity contribution in [2.24, 2.45) is 5.14 Å². The van der Waals surface area contributed by atoms with Crippen molar-refractivity contribution in [3.8, 4) is 0 Å². The largest absolute Gasteiger partial charge is 0.296 e. The highest BCUT2D eigenvalue weighted by molar-refractivity contribution is 9.10. The maximum Gasteiger partial charge on any atom is 0.296 e. The fourth-order valence-electron chi connectivity index (χ4n) is 0.729. The van der Waals surface area contributed by atoms with Crippen LogP contribution in [0.25, 0.3) is 0 Å². The van der Waals surface area contributed by atoms with Crippen LogP contribution in [0, 0.1) is 5.82 Å². The zero-order valence-corrected chi connectivity index (χ0v) is 8.69. The van der Waals surface area contributed by atoms with Crippen LogP contribution in [0.5, 0.6) is 0 Å². The minimum absolute atomic E-state index is 0.183. The minimum atomic E-state index is -3.93. The molecule has 72 valence electrons. The van der Waals surface area contributed by atoms with Crippen LogP contribution in [-0.2, 0) is 10.2 Å². The highest BCUT2D eigenvalue weighted by Gasteiger charge is 2.07. The van der Waals surface area contributed by atoms with Crippen molar-refractivity contribution in [2.45, 2.75) is 0 Å². The molecule has 1 aromatic carbocycles. The number of rotatable bonds is 2. The topological polar surface area (TPSA) is 72.2 Å². The third kappa shape index (κ3) is 3.29. The standard InChI is InChI=1S/C6H6BrFN2O2S/c7-4-1-2-5(8)6(3-4)10-13(9,11)12/h1-3,10H,(H2,9,11,12). The zero-order valence-electron chi connectivity index (χ0n) is 6.29. The van der Waals surface area contributed by atoms with Crippen molar-refractivity contribution in [1.82, 2.24) is 0 Å². The molecule has 0 bridgehead atoms. The Kier molecular flexibility index (Phi) is 2.89. The van der Waals surface area contributed by atoms with Gasteiger partial charge in [-0.25, -0.2) is 9.53 Å². The van der Waals surface area contributed by atoms with Gasteiger partial charge >= 0.3 is 0 Å². The van der Waals surface area contributed by atoms with Gasteiger partial charge < -0.3 is 0 Å². The van der Waals surface area contributed by atoms with Crippen molar-refractivity contribution >= 4 is 31.8 Å². The highest BCUT2D eigenvalue weighted by atomic mass is 79.9. The van der Waals surface area contributed by atoms with Gasteiger partial charge in [0.15, 0.2) is 0 Å². The first-order valence-electron chi connectivity index (χ1n) is 3.14. The van der Waals surface area contributed by atoms with Crippen LogP contribution in [-0.4, -0.2) is 8.42 Å². The Labute approximate surface area is 83.3 Å². The number of hydrogen-bond acceptors (Lipinski definition) is 2. The third-order valence-corrected chi connectivity index (χ3v) is 2.18. The number of anilines is 1. The van der Waals surface area contributed by atoms with E-state index in [-0.39, 0.29) is 5.69 Å². The first-order valence-corrected chi connectivity index (χ1v) is 5.48. The normalized spacial score (nSPS) is 11.3. The Balaban J connectivity index is 3.08. The molecule has 4 nitrogen and oxygen atoms in total. The van der Waals surface area contributed by atoms with Crippen molar-refractivity contribution in [3.63, 3.8) is 0 Å². The molecular formula is C6H6BrFN2O2S. The summed E-state index contributed by atoms with van der Waals surface area (Å²) in [4.78, 5) is 0. The van der Waals surface area contributed by atoms with Gasteiger partial charge in [-0.05, 0) is 18.2 Å². The summed E-state index contributed by atoms with van der Waals surface area (Å²) in [5, 5.41) is 4.67. The van der Waals surface area contributed by atoms with E-state index >= 15 is 0 Å². The van der Waals surface area contributed by atoms with Gasteiger partial charge in [-0.2, -0.15) is 8.42 Å². The predicted molar refractivity (Wildman–Crippen MR) is 50.8 cm³/mol. The Bertz CT molecular complexity index is 421. The molecule has 0 radical (unpaired) electrons. The van der Waals surface area contributed by atoms with Gasteiger partial charge in [0.2, 0.25) is 0 Å². The molecule has 0 heterocycles. The number of hydrogen-bond donors (Lipinski definition) is 2. The summed E-state index contributed by atoms with van der Waals surface area (Å²) in [5.41, 5.74) is -0.183. The monoisotopic (exact) mass is 268 g/mol.